The lowest BCUT2D eigenvalue weighted by Gasteiger charge is -2.08. The van der Waals surface area contributed by atoms with E-state index in [4.69, 9.17) is 4.74 Å². The number of esters is 1. The van der Waals surface area contributed by atoms with Crippen LogP contribution in [0.2, 0.25) is 0 Å². The third kappa shape index (κ3) is 4.73. The van der Waals surface area contributed by atoms with Gasteiger partial charge in [-0.2, -0.15) is 23.4 Å². The third-order valence-electron chi connectivity index (χ3n) is 5.96. The summed E-state index contributed by atoms with van der Waals surface area (Å²) >= 11 is 0. The molecule has 0 N–H and O–H groups in total. The largest absolute Gasteiger partial charge is 0.462 e. The quantitative estimate of drug-likeness (QED) is 0.356. The van der Waals surface area contributed by atoms with Crippen molar-refractivity contribution in [2.24, 2.45) is 7.05 Å². The molecule has 0 fully saturated rings. The molecule has 0 aliphatic carbocycles. The molecule has 0 amide bonds. The fourth-order valence-corrected chi connectivity index (χ4v) is 4.14. The summed E-state index contributed by atoms with van der Waals surface area (Å²) in [7, 11) is 1.78. The van der Waals surface area contributed by atoms with Crippen LogP contribution in [0.4, 0.5) is 13.2 Å². The van der Waals surface area contributed by atoms with Crippen molar-refractivity contribution in [3.8, 4) is 17.1 Å². The number of carbonyl (C=O) groups excluding carboxylic acids is 1. The summed E-state index contributed by atoms with van der Waals surface area (Å²) in [6, 6.07) is 6.74. The summed E-state index contributed by atoms with van der Waals surface area (Å²) in [5.41, 5.74) is 4.43. The van der Waals surface area contributed by atoms with E-state index in [0.29, 0.717) is 46.1 Å². The van der Waals surface area contributed by atoms with Gasteiger partial charge in [-0.05, 0) is 45.4 Å². The molecule has 4 aromatic rings. The lowest BCUT2D eigenvalue weighted by molar-refractivity contribution is -0.137. The maximum absolute atomic E-state index is 12.9. The van der Waals surface area contributed by atoms with Gasteiger partial charge in [-0.1, -0.05) is 12.1 Å². The molecule has 0 atom stereocenters. The average Bonchev–Trinajstić information content (AvgIpc) is 3.28. The standard InChI is InChI=1S/C25H25F3N6O2/c1-6-36-24(35)22-15(3)31-34(16(22)4)21-12-19(29-13-30-21)11-20-14(2)23(32-33(20)5)17-7-9-18(10-8-17)25(26,27)28/h7-10,12-13H,6,11H2,1-5H3. The monoisotopic (exact) mass is 498 g/mol. The first kappa shape index (κ1) is 25.1. The number of halogens is 3. The third-order valence-corrected chi connectivity index (χ3v) is 5.96. The Balaban J connectivity index is 1.64. The lowest BCUT2D eigenvalue weighted by atomic mass is 10.0. The molecule has 8 nitrogen and oxygen atoms in total. The van der Waals surface area contributed by atoms with Gasteiger partial charge >= 0.3 is 12.1 Å². The molecule has 36 heavy (non-hydrogen) atoms. The van der Waals surface area contributed by atoms with E-state index in [1.807, 2.05) is 6.92 Å². The second kappa shape index (κ2) is 9.56. The molecule has 0 bridgehead atoms. The molecule has 1 aromatic carbocycles. The van der Waals surface area contributed by atoms with Crippen LogP contribution < -0.4 is 0 Å². The maximum Gasteiger partial charge on any atom is 0.416 e. The summed E-state index contributed by atoms with van der Waals surface area (Å²) in [4.78, 5) is 21.0. The molecule has 0 aliphatic rings. The first-order valence-corrected chi connectivity index (χ1v) is 11.3. The number of carbonyl (C=O) groups is 1. The van der Waals surface area contributed by atoms with E-state index in [9.17, 15) is 18.0 Å². The first-order valence-electron chi connectivity index (χ1n) is 11.3. The number of benzene rings is 1. The van der Waals surface area contributed by atoms with Crippen LogP contribution in [0.3, 0.4) is 0 Å². The van der Waals surface area contributed by atoms with E-state index in [0.717, 1.165) is 23.4 Å². The van der Waals surface area contributed by atoms with E-state index < -0.39 is 17.7 Å². The van der Waals surface area contributed by atoms with Gasteiger partial charge in [-0.3, -0.25) is 4.68 Å². The van der Waals surface area contributed by atoms with Crippen molar-refractivity contribution >= 4 is 5.97 Å². The highest BCUT2D eigenvalue weighted by molar-refractivity contribution is 5.92. The minimum atomic E-state index is -4.39. The molecule has 3 aromatic heterocycles. The van der Waals surface area contributed by atoms with Crippen molar-refractivity contribution in [2.75, 3.05) is 6.61 Å². The van der Waals surface area contributed by atoms with Gasteiger partial charge in [0.05, 0.1) is 34.9 Å². The number of ether oxygens (including phenoxy) is 1. The molecular formula is C25H25F3N6O2. The minimum absolute atomic E-state index is 0.263. The molecule has 11 heteroatoms. The molecule has 4 rings (SSSR count). The number of rotatable bonds is 6. The second-order valence-corrected chi connectivity index (χ2v) is 8.34. The van der Waals surface area contributed by atoms with Crippen molar-refractivity contribution < 1.29 is 22.7 Å². The molecule has 0 aliphatic heterocycles. The van der Waals surface area contributed by atoms with Crippen LogP contribution >= 0.6 is 0 Å². The number of hydrogen-bond donors (Lipinski definition) is 0. The number of alkyl halides is 3. The SMILES string of the molecule is CCOC(=O)c1c(C)nn(-c2cc(Cc3c(C)c(-c4ccc(C(F)(F)F)cc4)nn3C)ncn2)c1C. The highest BCUT2D eigenvalue weighted by Crippen LogP contribution is 2.32. The van der Waals surface area contributed by atoms with Gasteiger partial charge in [0.2, 0.25) is 0 Å². The Morgan fingerprint density at radius 1 is 1.06 bits per heavy atom. The van der Waals surface area contributed by atoms with Gasteiger partial charge in [0.15, 0.2) is 5.82 Å². The van der Waals surface area contributed by atoms with Crippen molar-refractivity contribution in [1.29, 1.82) is 0 Å². The number of nitrogens with zero attached hydrogens (tertiary/aromatic N) is 6. The van der Waals surface area contributed by atoms with Crippen LogP contribution in [0, 0.1) is 20.8 Å². The highest BCUT2D eigenvalue weighted by Gasteiger charge is 2.30. The second-order valence-electron chi connectivity index (χ2n) is 8.34. The van der Waals surface area contributed by atoms with Gasteiger partial charge in [0.25, 0.3) is 0 Å². The Kier molecular flexibility index (Phi) is 6.66. The molecule has 0 spiro atoms. The smallest absolute Gasteiger partial charge is 0.416 e. The lowest BCUT2D eigenvalue weighted by Crippen LogP contribution is -2.09. The molecule has 0 saturated carbocycles. The molecule has 3 heterocycles. The zero-order chi connectivity index (χ0) is 26.2. The van der Waals surface area contributed by atoms with Gasteiger partial charge in [0.1, 0.15) is 11.9 Å². The van der Waals surface area contributed by atoms with E-state index in [-0.39, 0.29) is 6.61 Å². The summed E-state index contributed by atoms with van der Waals surface area (Å²) < 4.78 is 47.2. The van der Waals surface area contributed by atoms with Gasteiger partial charge in [-0.15, -0.1) is 0 Å². The van der Waals surface area contributed by atoms with Crippen molar-refractivity contribution in [3.05, 3.63) is 76.1 Å². The zero-order valence-electron chi connectivity index (χ0n) is 20.5. The van der Waals surface area contributed by atoms with Gasteiger partial charge in [-0.25, -0.2) is 19.4 Å². The number of aryl methyl sites for hydroxylation is 2. The van der Waals surface area contributed by atoms with Crippen molar-refractivity contribution in [2.45, 2.75) is 40.3 Å². The fourth-order valence-electron chi connectivity index (χ4n) is 4.14. The van der Waals surface area contributed by atoms with Gasteiger partial charge < -0.3 is 4.74 Å². The summed E-state index contributed by atoms with van der Waals surface area (Å²) in [5.74, 6) is 0.0632. The van der Waals surface area contributed by atoms with E-state index in [2.05, 4.69) is 20.2 Å². The first-order chi connectivity index (χ1) is 17.0. The van der Waals surface area contributed by atoms with Crippen LogP contribution in [0.15, 0.2) is 36.7 Å². The molecule has 188 valence electrons. The Labute approximate surface area is 205 Å². The normalized spacial score (nSPS) is 11.7. The van der Waals surface area contributed by atoms with E-state index in [1.165, 1.54) is 18.5 Å². The Bertz CT molecular complexity index is 1420. The topological polar surface area (TPSA) is 87.7 Å². The van der Waals surface area contributed by atoms with Gasteiger partial charge in [0, 0.05) is 30.8 Å². The van der Waals surface area contributed by atoms with Crippen LogP contribution in [-0.2, 0) is 24.4 Å². The maximum atomic E-state index is 12.9. The predicted octanol–water partition coefficient (Wildman–Crippen LogP) is 4.77. The minimum Gasteiger partial charge on any atom is -0.462 e. The zero-order valence-corrected chi connectivity index (χ0v) is 20.5. The van der Waals surface area contributed by atoms with Crippen LogP contribution in [0.25, 0.3) is 17.1 Å². The number of aromatic nitrogens is 6. The van der Waals surface area contributed by atoms with E-state index in [1.54, 1.807) is 43.2 Å². The molecule has 0 radical (unpaired) electrons. The summed E-state index contributed by atoms with van der Waals surface area (Å²) in [6.07, 6.45) is -2.56. The Morgan fingerprint density at radius 2 is 1.75 bits per heavy atom. The van der Waals surface area contributed by atoms with Crippen LogP contribution in [-0.4, -0.2) is 42.1 Å². The molecular weight excluding hydrogens is 473 g/mol. The van der Waals surface area contributed by atoms with Crippen LogP contribution in [0.5, 0.6) is 0 Å². The molecule has 0 saturated heterocycles. The summed E-state index contributed by atoms with van der Waals surface area (Å²) in [6.45, 7) is 7.39. The van der Waals surface area contributed by atoms with Crippen molar-refractivity contribution in [1.82, 2.24) is 29.5 Å². The van der Waals surface area contributed by atoms with E-state index >= 15 is 0 Å². The Hall–Kier alpha value is -4.02. The summed E-state index contributed by atoms with van der Waals surface area (Å²) in [5, 5.41) is 9.00. The van der Waals surface area contributed by atoms with Crippen molar-refractivity contribution in [3.63, 3.8) is 0 Å². The Morgan fingerprint density at radius 3 is 2.39 bits per heavy atom. The fraction of sp³-hybridized carbons (Fsp3) is 0.320. The molecule has 0 unspecified atom stereocenters. The predicted molar refractivity (Wildman–Crippen MR) is 126 cm³/mol. The van der Waals surface area contributed by atoms with Crippen LogP contribution in [0.1, 0.15) is 51.2 Å². The highest BCUT2D eigenvalue weighted by atomic mass is 19.4. The average molecular weight is 499 g/mol. The number of hydrogen-bond acceptors (Lipinski definition) is 6.